The Morgan fingerprint density at radius 2 is 0.950 bits per heavy atom. The summed E-state index contributed by atoms with van der Waals surface area (Å²) in [5, 5.41) is 7.13. The molecule has 0 aliphatic heterocycles. The maximum Gasteiger partial charge on any atom is 0.367 e. The van der Waals surface area contributed by atoms with Gasteiger partial charge in [0.15, 0.2) is 0 Å². The van der Waals surface area contributed by atoms with E-state index in [1.54, 1.807) is 38.1 Å². The number of alkyl halides is 8. The van der Waals surface area contributed by atoms with E-state index in [2.05, 4.69) is 20.2 Å². The summed E-state index contributed by atoms with van der Waals surface area (Å²) in [5.41, 5.74) is 3.65. The molecule has 0 aliphatic rings. The van der Waals surface area contributed by atoms with Crippen LogP contribution in [0.2, 0.25) is 0 Å². The van der Waals surface area contributed by atoms with Crippen molar-refractivity contribution in [3.63, 3.8) is 0 Å². The van der Waals surface area contributed by atoms with E-state index in [-0.39, 0.29) is 0 Å². The summed E-state index contributed by atoms with van der Waals surface area (Å²) >= 11 is 0. The summed E-state index contributed by atoms with van der Waals surface area (Å²) in [6, 6.07) is 6.86. The van der Waals surface area contributed by atoms with Gasteiger partial charge in [-0.2, -0.15) is 17.6 Å². The maximum absolute atomic E-state index is 13.7. The predicted molar refractivity (Wildman–Crippen MR) is 133 cm³/mol. The zero-order valence-electron chi connectivity index (χ0n) is 21.1. The number of aryl methyl sites for hydroxylation is 4. The summed E-state index contributed by atoms with van der Waals surface area (Å²) in [6.45, 7) is 7.06. The molecule has 0 fully saturated rings. The second-order valence-electron chi connectivity index (χ2n) is 8.85. The van der Waals surface area contributed by atoms with Crippen molar-refractivity contribution >= 4 is 21.6 Å². The first-order valence-electron chi connectivity index (χ1n) is 11.4. The van der Waals surface area contributed by atoms with Gasteiger partial charge < -0.3 is 0 Å². The molecule has 6 nitrogen and oxygen atoms in total. The number of rotatable bonds is 9. The van der Waals surface area contributed by atoms with E-state index in [1.165, 1.54) is 21.6 Å². The minimum absolute atomic E-state index is 0.355. The van der Waals surface area contributed by atoms with Gasteiger partial charge in [0.25, 0.3) is 0 Å². The Labute approximate surface area is 230 Å². The van der Waals surface area contributed by atoms with E-state index < -0.39 is 36.3 Å². The van der Waals surface area contributed by atoms with Crippen LogP contribution in [0.5, 0.6) is 0 Å². The molecule has 0 spiro atoms. The minimum atomic E-state index is -4.50. The van der Waals surface area contributed by atoms with Crippen LogP contribution in [0.3, 0.4) is 0 Å². The summed E-state index contributed by atoms with van der Waals surface area (Å²) in [7, 11) is 2.59. The first-order valence-corrected chi connectivity index (χ1v) is 13.5. The molecule has 0 aliphatic carbocycles. The number of nitrogens with zero attached hydrogens (tertiary/aromatic N) is 6. The zero-order valence-corrected chi connectivity index (χ0v) is 22.8. The van der Waals surface area contributed by atoms with Crippen LogP contribution in [0.1, 0.15) is 33.9 Å². The Balaban J connectivity index is 1.62. The normalized spacial score (nSPS) is 12.7. The van der Waals surface area contributed by atoms with Gasteiger partial charge in [0, 0.05) is 9.79 Å². The lowest BCUT2D eigenvalue weighted by Crippen LogP contribution is -2.25. The average molecular weight is 609 g/mol. The van der Waals surface area contributed by atoms with Gasteiger partial charge in [-0.25, -0.2) is 36.9 Å². The number of hydrogen-bond donors (Lipinski definition) is 0. The van der Waals surface area contributed by atoms with Crippen LogP contribution in [0.15, 0.2) is 46.7 Å². The van der Waals surface area contributed by atoms with Crippen LogP contribution < -0.4 is 0 Å². The van der Waals surface area contributed by atoms with Crippen LogP contribution in [-0.2, 0) is 11.8 Å². The van der Waals surface area contributed by atoms with Gasteiger partial charge in [-0.05, 0) is 62.1 Å². The summed E-state index contributed by atoms with van der Waals surface area (Å²) in [4.78, 5) is 8.13. The lowest BCUT2D eigenvalue weighted by atomic mass is 10.1. The molecule has 16 heteroatoms. The van der Waals surface area contributed by atoms with E-state index in [1.807, 2.05) is 13.8 Å². The third-order valence-corrected chi connectivity index (χ3v) is 8.48. The smallest absolute Gasteiger partial charge is 0.220 e. The number of benzene rings is 2. The average Bonchev–Trinajstić information content (AvgIpc) is 3.55. The molecular weight excluding hydrogens is 588 g/mol. The third-order valence-electron chi connectivity index (χ3n) is 5.83. The molecular formula is C24H20F8N6S2. The third kappa shape index (κ3) is 5.68. The fourth-order valence-corrected chi connectivity index (χ4v) is 6.16. The molecule has 2 aromatic heterocycles. The number of aromatic nitrogens is 6. The van der Waals surface area contributed by atoms with Crippen molar-refractivity contribution in [1.82, 2.24) is 29.5 Å². The van der Waals surface area contributed by atoms with Crippen molar-refractivity contribution in [1.29, 1.82) is 0 Å². The van der Waals surface area contributed by atoms with Gasteiger partial charge in [-0.1, -0.05) is 33.7 Å². The molecule has 0 atom stereocenters. The highest BCUT2D eigenvalue weighted by molar-refractivity contribution is 8.76. The number of hydrogen-bond acceptors (Lipinski definition) is 6. The second kappa shape index (κ2) is 11.0. The highest BCUT2D eigenvalue weighted by Gasteiger charge is 2.47. The summed E-state index contributed by atoms with van der Waals surface area (Å²) < 4.78 is 108. The van der Waals surface area contributed by atoms with Crippen LogP contribution >= 0.6 is 21.6 Å². The fraction of sp³-hybridized carbons (Fsp3) is 0.333. The van der Waals surface area contributed by atoms with Gasteiger partial charge in [-0.3, -0.25) is 0 Å². The standard InChI is InChI=1S/C24H20F8N6S2/c1-11-5-13(3)17(7-15(11)37-9-33-21(35-37)23(29,30)19(25)26)39-40-18-8-16(12(2)6-14(18)4)38-10-34-22(36-38)24(31,32)20(27)28/h5-10,19-20H,1-4H3. The summed E-state index contributed by atoms with van der Waals surface area (Å²) in [5.74, 6) is -11.6. The molecule has 40 heavy (non-hydrogen) atoms. The quantitative estimate of drug-likeness (QED) is 0.144. The molecule has 0 N–H and O–H groups in total. The van der Waals surface area contributed by atoms with Gasteiger partial charge in [-0.15, -0.1) is 10.2 Å². The predicted octanol–water partition coefficient (Wildman–Crippen LogP) is 7.59. The number of halogens is 8. The molecule has 4 rings (SSSR count). The van der Waals surface area contributed by atoms with Crippen LogP contribution in [0, 0.1) is 27.7 Å². The lowest BCUT2D eigenvalue weighted by molar-refractivity contribution is -0.140. The highest BCUT2D eigenvalue weighted by atomic mass is 33.1. The fourth-order valence-electron chi connectivity index (χ4n) is 3.67. The Hall–Kier alpha value is -3.14. The molecule has 0 saturated carbocycles. The molecule has 0 saturated heterocycles. The highest BCUT2D eigenvalue weighted by Crippen LogP contribution is 2.43. The topological polar surface area (TPSA) is 61.4 Å². The van der Waals surface area contributed by atoms with Crippen LogP contribution in [0.4, 0.5) is 35.1 Å². The van der Waals surface area contributed by atoms with E-state index in [4.69, 9.17) is 0 Å². The van der Waals surface area contributed by atoms with Crippen molar-refractivity contribution in [3.05, 3.63) is 70.8 Å². The summed E-state index contributed by atoms with van der Waals surface area (Å²) in [6.07, 6.45) is -6.05. The van der Waals surface area contributed by atoms with E-state index in [9.17, 15) is 35.1 Å². The van der Waals surface area contributed by atoms with Crippen molar-refractivity contribution in [3.8, 4) is 11.4 Å². The Morgan fingerprint density at radius 1 is 0.600 bits per heavy atom. The van der Waals surface area contributed by atoms with Gasteiger partial charge in [0.2, 0.25) is 11.6 Å². The van der Waals surface area contributed by atoms with Crippen molar-refractivity contribution in [2.45, 2.75) is 62.2 Å². The second-order valence-corrected chi connectivity index (χ2v) is 11.1. The SMILES string of the molecule is Cc1cc(C)c(-n2cnc(C(F)(F)C(F)F)n2)cc1SSc1cc(-n2cnc(C(F)(F)C(F)F)n2)c(C)cc1C. The van der Waals surface area contributed by atoms with Gasteiger partial charge >= 0.3 is 24.7 Å². The zero-order chi connectivity index (χ0) is 29.6. The Bertz CT molecular complexity index is 1420. The molecule has 0 radical (unpaired) electrons. The van der Waals surface area contributed by atoms with Gasteiger partial charge in [0.05, 0.1) is 11.4 Å². The first kappa shape index (κ1) is 29.8. The van der Waals surface area contributed by atoms with E-state index >= 15 is 0 Å². The van der Waals surface area contributed by atoms with Crippen molar-refractivity contribution in [2.24, 2.45) is 0 Å². The monoisotopic (exact) mass is 608 g/mol. The van der Waals surface area contributed by atoms with E-state index in [0.717, 1.165) is 33.1 Å². The molecule has 4 aromatic rings. The van der Waals surface area contributed by atoms with Crippen LogP contribution in [-0.4, -0.2) is 42.4 Å². The minimum Gasteiger partial charge on any atom is -0.220 e. The molecule has 0 bridgehead atoms. The largest absolute Gasteiger partial charge is 0.367 e. The molecule has 0 unspecified atom stereocenters. The first-order chi connectivity index (χ1) is 18.6. The molecule has 214 valence electrons. The molecule has 2 aromatic carbocycles. The van der Waals surface area contributed by atoms with Crippen molar-refractivity contribution in [2.75, 3.05) is 0 Å². The molecule has 2 heterocycles. The van der Waals surface area contributed by atoms with Crippen molar-refractivity contribution < 1.29 is 35.1 Å². The Kier molecular flexibility index (Phi) is 8.23. The molecule has 0 amide bonds. The van der Waals surface area contributed by atoms with E-state index in [0.29, 0.717) is 32.3 Å². The maximum atomic E-state index is 13.7. The van der Waals surface area contributed by atoms with Crippen LogP contribution in [0.25, 0.3) is 11.4 Å². The van der Waals surface area contributed by atoms with Gasteiger partial charge in [0.1, 0.15) is 12.7 Å². The lowest BCUT2D eigenvalue weighted by Gasteiger charge is -2.14. The Morgan fingerprint density at radius 3 is 1.27 bits per heavy atom.